The van der Waals surface area contributed by atoms with Gasteiger partial charge in [0.05, 0.1) is 6.54 Å². The Bertz CT molecular complexity index is 180. The van der Waals surface area contributed by atoms with E-state index < -0.39 is 0 Å². The Morgan fingerprint density at radius 1 is 1.57 bits per heavy atom. The lowest BCUT2D eigenvalue weighted by atomic mass is 9.91. The van der Waals surface area contributed by atoms with Crippen molar-refractivity contribution in [1.29, 1.82) is 0 Å². The number of hydrogen-bond acceptors (Lipinski definition) is 3. The number of carbonyl (C=O) groups excluding carboxylic acids is 1. The van der Waals surface area contributed by atoms with Crippen molar-refractivity contribution in [1.82, 2.24) is 10.2 Å². The van der Waals surface area contributed by atoms with E-state index >= 15 is 0 Å². The van der Waals surface area contributed by atoms with E-state index in [2.05, 4.69) is 10.2 Å². The van der Waals surface area contributed by atoms with E-state index in [1.165, 1.54) is 19.3 Å². The van der Waals surface area contributed by atoms with E-state index in [1.807, 2.05) is 6.92 Å². The predicted molar refractivity (Wildman–Crippen MR) is 57.0 cm³/mol. The van der Waals surface area contributed by atoms with Gasteiger partial charge in [-0.05, 0) is 19.8 Å². The molecule has 1 saturated carbocycles. The SMILES string of the molecule is CCNC(=O)CN(CCN)C1CCC1. The van der Waals surface area contributed by atoms with Crippen LogP contribution in [0.15, 0.2) is 0 Å². The van der Waals surface area contributed by atoms with E-state index in [0.29, 0.717) is 25.7 Å². The van der Waals surface area contributed by atoms with E-state index in [1.54, 1.807) is 0 Å². The minimum atomic E-state index is 0.118. The molecule has 1 aliphatic carbocycles. The number of amides is 1. The van der Waals surface area contributed by atoms with Crippen molar-refractivity contribution in [3.8, 4) is 0 Å². The van der Waals surface area contributed by atoms with Gasteiger partial charge in [-0.1, -0.05) is 6.42 Å². The summed E-state index contributed by atoms with van der Waals surface area (Å²) in [6.07, 6.45) is 3.74. The maximum absolute atomic E-state index is 11.4. The highest BCUT2D eigenvalue weighted by atomic mass is 16.2. The van der Waals surface area contributed by atoms with Crippen LogP contribution in [0.3, 0.4) is 0 Å². The molecular formula is C10H21N3O. The van der Waals surface area contributed by atoms with Crippen molar-refractivity contribution in [2.45, 2.75) is 32.2 Å². The normalized spacial score (nSPS) is 16.8. The number of hydrogen-bond donors (Lipinski definition) is 2. The van der Waals surface area contributed by atoms with Crippen molar-refractivity contribution in [2.24, 2.45) is 5.73 Å². The second kappa shape index (κ2) is 5.98. The highest BCUT2D eigenvalue weighted by Crippen LogP contribution is 2.23. The highest BCUT2D eigenvalue weighted by molar-refractivity contribution is 5.77. The molecule has 4 heteroatoms. The van der Waals surface area contributed by atoms with E-state index in [-0.39, 0.29) is 5.91 Å². The van der Waals surface area contributed by atoms with Crippen LogP contribution < -0.4 is 11.1 Å². The first-order valence-electron chi connectivity index (χ1n) is 5.48. The van der Waals surface area contributed by atoms with Gasteiger partial charge in [-0.25, -0.2) is 0 Å². The zero-order valence-corrected chi connectivity index (χ0v) is 8.96. The molecule has 14 heavy (non-hydrogen) atoms. The van der Waals surface area contributed by atoms with Gasteiger partial charge in [0.2, 0.25) is 5.91 Å². The van der Waals surface area contributed by atoms with E-state index in [4.69, 9.17) is 5.73 Å². The van der Waals surface area contributed by atoms with Gasteiger partial charge in [-0.15, -0.1) is 0 Å². The summed E-state index contributed by atoms with van der Waals surface area (Å²) in [5.41, 5.74) is 5.52. The maximum atomic E-state index is 11.4. The summed E-state index contributed by atoms with van der Waals surface area (Å²) in [6.45, 7) is 4.63. The Hall–Kier alpha value is -0.610. The fraction of sp³-hybridized carbons (Fsp3) is 0.900. The Kier molecular flexibility index (Phi) is 4.90. The number of likely N-dealkylation sites (N-methyl/N-ethyl adjacent to an activating group) is 1. The standard InChI is InChI=1S/C10H21N3O/c1-2-12-10(14)8-13(7-6-11)9-4-3-5-9/h9H,2-8,11H2,1H3,(H,12,14). The van der Waals surface area contributed by atoms with Crippen LogP contribution in [-0.4, -0.2) is 43.0 Å². The average molecular weight is 199 g/mol. The fourth-order valence-electron chi connectivity index (χ4n) is 1.75. The van der Waals surface area contributed by atoms with Crippen LogP contribution in [0.2, 0.25) is 0 Å². The molecule has 1 aliphatic rings. The molecule has 1 rings (SSSR count). The lowest BCUT2D eigenvalue weighted by molar-refractivity contribution is -0.123. The van der Waals surface area contributed by atoms with Gasteiger partial charge in [0.1, 0.15) is 0 Å². The van der Waals surface area contributed by atoms with Crippen LogP contribution in [0.4, 0.5) is 0 Å². The van der Waals surface area contributed by atoms with Gasteiger partial charge < -0.3 is 11.1 Å². The van der Waals surface area contributed by atoms with Crippen LogP contribution >= 0.6 is 0 Å². The smallest absolute Gasteiger partial charge is 0.234 e. The third kappa shape index (κ3) is 3.27. The molecular weight excluding hydrogens is 178 g/mol. The molecule has 0 atom stereocenters. The minimum absolute atomic E-state index is 0.118. The van der Waals surface area contributed by atoms with Crippen molar-refractivity contribution in [3.63, 3.8) is 0 Å². The molecule has 4 nitrogen and oxygen atoms in total. The summed E-state index contributed by atoms with van der Waals surface area (Å²) in [5, 5.41) is 2.82. The molecule has 0 bridgehead atoms. The molecule has 1 amide bonds. The van der Waals surface area contributed by atoms with Gasteiger partial charge in [0.25, 0.3) is 0 Å². The third-order valence-electron chi connectivity index (χ3n) is 2.73. The number of rotatable bonds is 6. The molecule has 0 radical (unpaired) electrons. The molecule has 0 aromatic carbocycles. The number of nitrogens with zero attached hydrogens (tertiary/aromatic N) is 1. The lowest BCUT2D eigenvalue weighted by Crippen LogP contribution is -2.47. The molecule has 3 N–H and O–H groups in total. The van der Waals surface area contributed by atoms with E-state index in [0.717, 1.165) is 6.54 Å². The molecule has 1 fully saturated rings. The number of carbonyl (C=O) groups is 1. The molecule has 0 saturated heterocycles. The van der Waals surface area contributed by atoms with Gasteiger partial charge in [0.15, 0.2) is 0 Å². The monoisotopic (exact) mass is 199 g/mol. The summed E-state index contributed by atoms with van der Waals surface area (Å²) >= 11 is 0. The summed E-state index contributed by atoms with van der Waals surface area (Å²) in [7, 11) is 0. The van der Waals surface area contributed by atoms with Gasteiger partial charge in [-0.2, -0.15) is 0 Å². The first-order chi connectivity index (χ1) is 6.77. The van der Waals surface area contributed by atoms with Crippen molar-refractivity contribution in [2.75, 3.05) is 26.2 Å². The minimum Gasteiger partial charge on any atom is -0.355 e. The van der Waals surface area contributed by atoms with Crippen LogP contribution in [0.25, 0.3) is 0 Å². The Morgan fingerprint density at radius 3 is 2.71 bits per heavy atom. The van der Waals surface area contributed by atoms with Crippen LogP contribution in [0, 0.1) is 0 Å². The molecule has 0 aromatic rings. The topological polar surface area (TPSA) is 58.4 Å². The number of nitrogens with one attached hydrogen (secondary N) is 1. The summed E-state index contributed by atoms with van der Waals surface area (Å²) < 4.78 is 0. The molecule has 0 spiro atoms. The molecule has 0 aromatic heterocycles. The first-order valence-corrected chi connectivity index (χ1v) is 5.48. The predicted octanol–water partition coefficient (Wildman–Crippen LogP) is -0.0643. The summed E-state index contributed by atoms with van der Waals surface area (Å²) in [4.78, 5) is 13.6. The Balaban J connectivity index is 2.30. The van der Waals surface area contributed by atoms with Gasteiger partial charge >= 0.3 is 0 Å². The average Bonchev–Trinajstić information content (AvgIpc) is 2.01. The lowest BCUT2D eigenvalue weighted by Gasteiger charge is -2.36. The molecule has 0 heterocycles. The third-order valence-corrected chi connectivity index (χ3v) is 2.73. The van der Waals surface area contributed by atoms with Crippen LogP contribution in [-0.2, 0) is 4.79 Å². The zero-order chi connectivity index (χ0) is 10.4. The Labute approximate surface area is 85.8 Å². The quantitative estimate of drug-likeness (QED) is 0.630. The van der Waals surface area contributed by atoms with Crippen molar-refractivity contribution in [3.05, 3.63) is 0 Å². The van der Waals surface area contributed by atoms with Crippen LogP contribution in [0.5, 0.6) is 0 Å². The largest absolute Gasteiger partial charge is 0.355 e. The summed E-state index contributed by atoms with van der Waals surface area (Å²) in [5.74, 6) is 0.118. The fourth-order valence-corrected chi connectivity index (χ4v) is 1.75. The maximum Gasteiger partial charge on any atom is 0.234 e. The molecule has 0 aliphatic heterocycles. The number of nitrogens with two attached hydrogens (primary N) is 1. The summed E-state index contributed by atoms with van der Waals surface area (Å²) in [6, 6.07) is 0.598. The van der Waals surface area contributed by atoms with Gasteiger partial charge in [0, 0.05) is 25.7 Å². The van der Waals surface area contributed by atoms with Crippen molar-refractivity contribution >= 4 is 5.91 Å². The second-order valence-electron chi connectivity index (χ2n) is 3.80. The molecule has 0 unspecified atom stereocenters. The van der Waals surface area contributed by atoms with Crippen LogP contribution in [0.1, 0.15) is 26.2 Å². The first kappa shape index (κ1) is 11.5. The zero-order valence-electron chi connectivity index (χ0n) is 8.96. The Morgan fingerprint density at radius 2 is 2.29 bits per heavy atom. The van der Waals surface area contributed by atoms with Gasteiger partial charge in [-0.3, -0.25) is 9.69 Å². The van der Waals surface area contributed by atoms with Crippen molar-refractivity contribution < 1.29 is 4.79 Å². The highest BCUT2D eigenvalue weighted by Gasteiger charge is 2.25. The second-order valence-corrected chi connectivity index (χ2v) is 3.80. The molecule has 82 valence electrons. The van der Waals surface area contributed by atoms with E-state index in [9.17, 15) is 4.79 Å².